The molecule has 0 aliphatic rings. The average molecular weight is 601 g/mol. The number of benzene rings is 3. The maximum Gasteiger partial charge on any atom is 0.272 e. The van der Waals surface area contributed by atoms with E-state index >= 15 is 0 Å². The van der Waals surface area contributed by atoms with Gasteiger partial charge in [-0.05, 0) is 72.7 Å². The van der Waals surface area contributed by atoms with Gasteiger partial charge in [0.2, 0.25) is 5.91 Å². The molecule has 0 aliphatic carbocycles. The molecule has 0 aliphatic heterocycles. The summed E-state index contributed by atoms with van der Waals surface area (Å²) in [5, 5.41) is 8.49. The van der Waals surface area contributed by atoms with Crippen molar-refractivity contribution in [1.29, 1.82) is 0 Å². The molecule has 0 saturated carbocycles. The maximum absolute atomic E-state index is 13.4. The molecule has 0 spiro atoms. The molecule has 1 heterocycles. The number of hydrogen-bond acceptors (Lipinski definition) is 6. The molecule has 0 saturated heterocycles. The minimum Gasteiger partial charge on any atom is -0.497 e. The number of carbonyl (C=O) groups excluding carboxylic acids is 3. The van der Waals surface area contributed by atoms with Crippen molar-refractivity contribution in [2.24, 2.45) is 0 Å². The Morgan fingerprint density at radius 2 is 1.71 bits per heavy atom. The van der Waals surface area contributed by atoms with Crippen molar-refractivity contribution in [3.05, 3.63) is 119 Å². The molecule has 42 heavy (non-hydrogen) atoms. The van der Waals surface area contributed by atoms with E-state index in [-0.39, 0.29) is 11.6 Å². The van der Waals surface area contributed by atoms with Gasteiger partial charge < -0.3 is 20.7 Å². The van der Waals surface area contributed by atoms with Gasteiger partial charge in [0.05, 0.1) is 17.4 Å². The summed E-state index contributed by atoms with van der Waals surface area (Å²) in [5.74, 6) is -0.0276. The topological polar surface area (TPSA) is 109 Å². The van der Waals surface area contributed by atoms with Gasteiger partial charge in [0.1, 0.15) is 17.3 Å². The number of nitrogens with zero attached hydrogens (tertiary/aromatic N) is 1. The van der Waals surface area contributed by atoms with Gasteiger partial charge >= 0.3 is 0 Å². The van der Waals surface area contributed by atoms with E-state index in [2.05, 4.69) is 20.9 Å². The van der Waals surface area contributed by atoms with Gasteiger partial charge in [0, 0.05) is 22.3 Å². The third kappa shape index (κ3) is 8.70. The van der Waals surface area contributed by atoms with Crippen LogP contribution < -0.4 is 20.7 Å². The third-order valence-corrected chi connectivity index (χ3v) is 7.55. The Morgan fingerprint density at radius 3 is 2.38 bits per heavy atom. The van der Waals surface area contributed by atoms with Crippen molar-refractivity contribution in [3.63, 3.8) is 0 Å². The molecule has 214 valence electrons. The summed E-state index contributed by atoms with van der Waals surface area (Å²) in [6.45, 7) is 1.92. The van der Waals surface area contributed by atoms with Crippen molar-refractivity contribution >= 4 is 58.7 Å². The van der Waals surface area contributed by atoms with E-state index in [1.165, 1.54) is 18.0 Å². The summed E-state index contributed by atoms with van der Waals surface area (Å²) in [4.78, 5) is 44.1. The number of carbonyl (C=O) groups is 3. The van der Waals surface area contributed by atoms with E-state index in [1.54, 1.807) is 92.0 Å². The van der Waals surface area contributed by atoms with Crippen LogP contribution in [0.1, 0.15) is 29.3 Å². The molecule has 8 nitrogen and oxygen atoms in total. The SMILES string of the molecule is CCC(Sc1cccc(NC(=O)/C(=C\c2ccc(OC)cc2)NC(=O)c2ccccc2)c1)C(=O)Nc1ccc(Cl)cn1. The van der Waals surface area contributed by atoms with Crippen LogP contribution >= 0.6 is 23.4 Å². The van der Waals surface area contributed by atoms with Crippen LogP contribution in [0.3, 0.4) is 0 Å². The van der Waals surface area contributed by atoms with Crippen LogP contribution in [0.15, 0.2) is 108 Å². The molecule has 3 N–H and O–H groups in total. The first-order valence-corrected chi connectivity index (χ1v) is 14.3. The molecule has 10 heteroatoms. The Kier molecular flexibility index (Phi) is 10.7. The van der Waals surface area contributed by atoms with Gasteiger partial charge in [0.25, 0.3) is 11.8 Å². The van der Waals surface area contributed by atoms with Crippen molar-refractivity contribution in [2.75, 3.05) is 17.7 Å². The molecular formula is C32H29ClN4O4S. The quantitative estimate of drug-likeness (QED) is 0.131. The predicted octanol–water partition coefficient (Wildman–Crippen LogP) is 6.66. The molecule has 1 aromatic heterocycles. The van der Waals surface area contributed by atoms with Crippen molar-refractivity contribution < 1.29 is 19.1 Å². The largest absolute Gasteiger partial charge is 0.497 e. The summed E-state index contributed by atoms with van der Waals surface area (Å²) >= 11 is 7.25. The summed E-state index contributed by atoms with van der Waals surface area (Å²) in [5.41, 5.74) is 1.69. The number of thioether (sulfide) groups is 1. The second kappa shape index (κ2) is 14.9. The van der Waals surface area contributed by atoms with Crippen molar-refractivity contribution in [3.8, 4) is 5.75 Å². The first kappa shape index (κ1) is 30.4. The Bertz CT molecular complexity index is 1560. The number of amides is 3. The number of pyridine rings is 1. The lowest BCUT2D eigenvalue weighted by Gasteiger charge is -2.15. The molecular weight excluding hydrogens is 572 g/mol. The summed E-state index contributed by atoms with van der Waals surface area (Å²) in [6.07, 6.45) is 3.63. The van der Waals surface area contributed by atoms with Crippen LogP contribution in [0.5, 0.6) is 5.75 Å². The number of ether oxygens (including phenoxy) is 1. The minimum absolute atomic E-state index is 0.0633. The van der Waals surface area contributed by atoms with Gasteiger partial charge in [-0.2, -0.15) is 0 Å². The van der Waals surface area contributed by atoms with Gasteiger partial charge in [-0.25, -0.2) is 4.98 Å². The number of aromatic nitrogens is 1. The van der Waals surface area contributed by atoms with Crippen LogP contribution in [-0.2, 0) is 9.59 Å². The number of nitrogens with one attached hydrogen (secondary N) is 3. The lowest BCUT2D eigenvalue weighted by Crippen LogP contribution is -2.30. The van der Waals surface area contributed by atoms with E-state index in [0.29, 0.717) is 39.8 Å². The van der Waals surface area contributed by atoms with Gasteiger partial charge in [-0.1, -0.05) is 54.9 Å². The summed E-state index contributed by atoms with van der Waals surface area (Å²) in [7, 11) is 1.57. The number of rotatable bonds is 11. The molecule has 3 amide bonds. The fraction of sp³-hybridized carbons (Fsp3) is 0.125. The highest BCUT2D eigenvalue weighted by atomic mass is 35.5. The summed E-state index contributed by atoms with van der Waals surface area (Å²) < 4.78 is 5.21. The lowest BCUT2D eigenvalue weighted by molar-refractivity contribution is -0.116. The zero-order valence-electron chi connectivity index (χ0n) is 23.0. The molecule has 1 atom stereocenters. The van der Waals surface area contributed by atoms with Crippen LogP contribution in [0.2, 0.25) is 5.02 Å². The van der Waals surface area contributed by atoms with Crippen LogP contribution in [0.4, 0.5) is 11.5 Å². The van der Waals surface area contributed by atoms with E-state index < -0.39 is 17.1 Å². The summed E-state index contributed by atoms with van der Waals surface area (Å²) in [6, 6.07) is 26.2. The van der Waals surface area contributed by atoms with Crippen LogP contribution in [0.25, 0.3) is 6.08 Å². The standard InChI is InChI=1S/C32H29ClN4O4S/c1-3-28(32(40)37-29-17-14-23(33)20-34-29)42-26-11-7-10-24(19-26)35-31(39)27(18-21-12-15-25(41-2)16-13-21)36-30(38)22-8-5-4-6-9-22/h4-20,28H,3H2,1-2H3,(H,35,39)(H,36,38)(H,34,37,40)/b27-18+. The fourth-order valence-electron chi connectivity index (χ4n) is 3.80. The van der Waals surface area contributed by atoms with Gasteiger partial charge in [0.15, 0.2) is 0 Å². The number of methoxy groups -OCH3 is 1. The Labute approximate surface area is 253 Å². The van der Waals surface area contributed by atoms with E-state index in [0.717, 1.165) is 4.90 Å². The second-order valence-corrected chi connectivity index (χ2v) is 10.7. The molecule has 1 unspecified atom stereocenters. The number of hydrogen-bond donors (Lipinski definition) is 3. The van der Waals surface area contributed by atoms with Crippen molar-refractivity contribution in [1.82, 2.24) is 10.3 Å². The molecule has 3 aromatic carbocycles. The second-order valence-electron chi connectivity index (χ2n) is 9.00. The number of halogens is 1. The Morgan fingerprint density at radius 1 is 0.952 bits per heavy atom. The predicted molar refractivity (Wildman–Crippen MR) is 168 cm³/mol. The highest BCUT2D eigenvalue weighted by molar-refractivity contribution is 8.00. The smallest absolute Gasteiger partial charge is 0.272 e. The monoisotopic (exact) mass is 600 g/mol. The van der Waals surface area contributed by atoms with E-state index in [1.807, 2.05) is 19.1 Å². The Hall–Kier alpha value is -4.60. The highest BCUT2D eigenvalue weighted by Gasteiger charge is 2.20. The molecule has 0 fully saturated rings. The minimum atomic E-state index is -0.504. The highest BCUT2D eigenvalue weighted by Crippen LogP contribution is 2.29. The first-order valence-electron chi connectivity index (χ1n) is 13.1. The maximum atomic E-state index is 13.4. The Balaban J connectivity index is 1.50. The zero-order valence-corrected chi connectivity index (χ0v) is 24.5. The first-order chi connectivity index (χ1) is 20.3. The molecule has 4 aromatic rings. The molecule has 0 bridgehead atoms. The van der Waals surface area contributed by atoms with Gasteiger partial charge in [-0.3, -0.25) is 14.4 Å². The van der Waals surface area contributed by atoms with E-state index in [4.69, 9.17) is 16.3 Å². The average Bonchev–Trinajstić information content (AvgIpc) is 3.01. The van der Waals surface area contributed by atoms with Gasteiger partial charge in [-0.15, -0.1) is 11.8 Å². The normalized spacial score (nSPS) is 11.7. The lowest BCUT2D eigenvalue weighted by atomic mass is 10.1. The van der Waals surface area contributed by atoms with E-state index in [9.17, 15) is 14.4 Å². The fourth-order valence-corrected chi connectivity index (χ4v) is 4.92. The van der Waals surface area contributed by atoms with Crippen LogP contribution in [-0.4, -0.2) is 35.1 Å². The molecule has 0 radical (unpaired) electrons. The van der Waals surface area contributed by atoms with Crippen LogP contribution in [0, 0.1) is 0 Å². The molecule has 4 rings (SSSR count). The third-order valence-electron chi connectivity index (χ3n) is 5.97. The zero-order chi connectivity index (χ0) is 29.9. The number of anilines is 2. The van der Waals surface area contributed by atoms with Crippen molar-refractivity contribution in [2.45, 2.75) is 23.5 Å².